The van der Waals surface area contributed by atoms with Crippen molar-refractivity contribution < 1.29 is 4.79 Å². The zero-order chi connectivity index (χ0) is 14.7. The average Bonchev–Trinajstić information content (AvgIpc) is 2.45. The highest BCUT2D eigenvalue weighted by molar-refractivity contribution is 9.10. The molecule has 2 rings (SSSR count). The van der Waals surface area contributed by atoms with Crippen molar-refractivity contribution >= 4 is 27.5 Å². The molecule has 2 aromatic carbocycles. The number of nitrogens with zero attached hydrogens (tertiary/aromatic N) is 2. The number of nitriles is 1. The summed E-state index contributed by atoms with van der Waals surface area (Å²) in [4.78, 5) is 14.1. The van der Waals surface area contributed by atoms with Crippen molar-refractivity contribution in [1.29, 1.82) is 5.26 Å². The Morgan fingerprint density at radius 3 is 2.60 bits per heavy atom. The number of halogens is 1. The van der Waals surface area contributed by atoms with E-state index in [0.29, 0.717) is 16.8 Å². The van der Waals surface area contributed by atoms with Gasteiger partial charge in [-0.2, -0.15) is 5.26 Å². The van der Waals surface area contributed by atoms with Crippen molar-refractivity contribution in [3.05, 3.63) is 63.6 Å². The van der Waals surface area contributed by atoms with Gasteiger partial charge in [0.05, 0.1) is 11.3 Å². The van der Waals surface area contributed by atoms with Gasteiger partial charge in [-0.25, -0.2) is 0 Å². The summed E-state index contributed by atoms with van der Waals surface area (Å²) in [6.07, 6.45) is 0. The fourth-order valence-electron chi connectivity index (χ4n) is 2.02. The fourth-order valence-corrected chi connectivity index (χ4v) is 2.49. The van der Waals surface area contributed by atoms with Gasteiger partial charge in [0.25, 0.3) is 5.91 Å². The van der Waals surface area contributed by atoms with E-state index in [1.807, 2.05) is 25.1 Å². The molecule has 0 radical (unpaired) electrons. The van der Waals surface area contributed by atoms with E-state index in [0.717, 1.165) is 10.0 Å². The molecule has 0 aliphatic heterocycles. The van der Waals surface area contributed by atoms with E-state index in [9.17, 15) is 4.79 Å². The van der Waals surface area contributed by atoms with Gasteiger partial charge in [-0.1, -0.05) is 28.1 Å². The van der Waals surface area contributed by atoms with Crippen molar-refractivity contribution in [2.75, 3.05) is 11.9 Å². The molecule has 0 atom stereocenters. The molecule has 2 aromatic rings. The third-order valence-corrected chi connectivity index (χ3v) is 3.60. The number of hydrogen-bond acceptors (Lipinski definition) is 2. The lowest BCUT2D eigenvalue weighted by Gasteiger charge is -2.19. The highest BCUT2D eigenvalue weighted by atomic mass is 79.9. The van der Waals surface area contributed by atoms with Gasteiger partial charge in [0, 0.05) is 17.1 Å². The molecule has 0 aliphatic carbocycles. The molecule has 0 spiro atoms. The van der Waals surface area contributed by atoms with Gasteiger partial charge >= 0.3 is 0 Å². The lowest BCUT2D eigenvalue weighted by atomic mass is 10.1. The number of para-hydroxylation sites is 1. The summed E-state index contributed by atoms with van der Waals surface area (Å²) < 4.78 is 0.937. The Bertz CT molecular complexity index is 704. The maximum absolute atomic E-state index is 12.5. The molecule has 0 aliphatic rings. The quantitative estimate of drug-likeness (QED) is 0.838. The second-order valence-corrected chi connectivity index (χ2v) is 5.37. The van der Waals surface area contributed by atoms with E-state index in [-0.39, 0.29) is 5.91 Å². The van der Waals surface area contributed by atoms with Crippen molar-refractivity contribution in [3.63, 3.8) is 0 Å². The van der Waals surface area contributed by atoms with Crippen LogP contribution in [0.1, 0.15) is 21.5 Å². The van der Waals surface area contributed by atoms with Crippen LogP contribution in [0, 0.1) is 18.3 Å². The lowest BCUT2D eigenvalue weighted by Crippen LogP contribution is -2.27. The second kappa shape index (κ2) is 5.89. The second-order valence-electron chi connectivity index (χ2n) is 4.45. The van der Waals surface area contributed by atoms with Crippen LogP contribution >= 0.6 is 15.9 Å². The van der Waals surface area contributed by atoms with Gasteiger partial charge in [-0.05, 0) is 42.8 Å². The van der Waals surface area contributed by atoms with E-state index in [4.69, 9.17) is 5.26 Å². The van der Waals surface area contributed by atoms with Crippen LogP contribution in [-0.2, 0) is 0 Å². The first-order valence-electron chi connectivity index (χ1n) is 6.08. The smallest absolute Gasteiger partial charge is 0.258 e. The molecule has 1 amide bonds. The van der Waals surface area contributed by atoms with Crippen LogP contribution in [0.3, 0.4) is 0 Å². The highest BCUT2D eigenvalue weighted by Gasteiger charge is 2.17. The molecule has 0 aromatic heterocycles. The number of rotatable bonds is 2. The third-order valence-electron chi connectivity index (χ3n) is 3.11. The molecular weight excluding hydrogens is 316 g/mol. The number of anilines is 1. The lowest BCUT2D eigenvalue weighted by molar-refractivity contribution is 0.0992. The molecule has 100 valence electrons. The number of benzene rings is 2. The Balaban J connectivity index is 2.41. The van der Waals surface area contributed by atoms with Gasteiger partial charge in [0.15, 0.2) is 0 Å². The number of amides is 1. The molecule has 0 fully saturated rings. The predicted molar refractivity (Wildman–Crippen MR) is 82.8 cm³/mol. The Hall–Kier alpha value is -2.12. The van der Waals surface area contributed by atoms with Crippen LogP contribution in [0.2, 0.25) is 0 Å². The van der Waals surface area contributed by atoms with Crippen LogP contribution in [-0.4, -0.2) is 13.0 Å². The Labute approximate surface area is 126 Å². The molecule has 20 heavy (non-hydrogen) atoms. The molecule has 0 heterocycles. The first kappa shape index (κ1) is 14.3. The Morgan fingerprint density at radius 1 is 1.25 bits per heavy atom. The van der Waals surface area contributed by atoms with Gasteiger partial charge in [0.1, 0.15) is 6.07 Å². The summed E-state index contributed by atoms with van der Waals surface area (Å²) in [5.74, 6) is -0.127. The molecule has 4 heteroatoms. The maximum Gasteiger partial charge on any atom is 0.258 e. The average molecular weight is 329 g/mol. The van der Waals surface area contributed by atoms with Gasteiger partial charge in [0.2, 0.25) is 0 Å². The minimum Gasteiger partial charge on any atom is -0.310 e. The summed E-state index contributed by atoms with van der Waals surface area (Å²) in [5, 5.41) is 9.12. The van der Waals surface area contributed by atoms with E-state index in [2.05, 4.69) is 22.0 Å². The maximum atomic E-state index is 12.5. The predicted octanol–water partition coefficient (Wildman–Crippen LogP) is 3.91. The molecule has 0 N–H and O–H groups in total. The first-order valence-corrected chi connectivity index (χ1v) is 6.87. The minimum atomic E-state index is -0.127. The van der Waals surface area contributed by atoms with Crippen molar-refractivity contribution in [1.82, 2.24) is 0 Å². The van der Waals surface area contributed by atoms with Gasteiger partial charge < -0.3 is 4.90 Å². The molecule has 0 bridgehead atoms. The SMILES string of the molecule is Cc1cc(Br)ccc1C(=O)N(C)c1ccccc1C#N. The molecule has 0 saturated carbocycles. The van der Waals surface area contributed by atoms with Gasteiger partial charge in [-0.3, -0.25) is 4.79 Å². The van der Waals surface area contributed by atoms with Crippen LogP contribution in [0.4, 0.5) is 5.69 Å². The monoisotopic (exact) mass is 328 g/mol. The highest BCUT2D eigenvalue weighted by Crippen LogP contribution is 2.22. The molecule has 0 unspecified atom stereocenters. The van der Waals surface area contributed by atoms with Crippen molar-refractivity contribution in [3.8, 4) is 6.07 Å². The third kappa shape index (κ3) is 2.73. The van der Waals surface area contributed by atoms with Crippen molar-refractivity contribution in [2.24, 2.45) is 0 Å². The normalized spacial score (nSPS) is 9.90. The molecule has 0 saturated heterocycles. The van der Waals surface area contributed by atoms with Crippen LogP contribution in [0.15, 0.2) is 46.9 Å². The zero-order valence-electron chi connectivity index (χ0n) is 11.2. The summed E-state index contributed by atoms with van der Waals surface area (Å²) in [5.41, 5.74) is 2.62. The Morgan fingerprint density at radius 2 is 1.95 bits per heavy atom. The number of aryl methyl sites for hydroxylation is 1. The summed E-state index contributed by atoms with van der Waals surface area (Å²) in [7, 11) is 1.68. The van der Waals surface area contributed by atoms with E-state index < -0.39 is 0 Å². The summed E-state index contributed by atoms with van der Waals surface area (Å²) in [6, 6.07) is 14.7. The number of carbonyl (C=O) groups is 1. The largest absolute Gasteiger partial charge is 0.310 e. The van der Waals surface area contributed by atoms with E-state index in [1.165, 1.54) is 4.90 Å². The standard InChI is InChI=1S/C16H13BrN2O/c1-11-9-13(17)7-8-14(11)16(20)19(2)15-6-4-3-5-12(15)10-18/h3-9H,1-2H3. The van der Waals surface area contributed by atoms with E-state index >= 15 is 0 Å². The summed E-state index contributed by atoms with van der Waals surface area (Å²) >= 11 is 3.38. The number of hydrogen-bond donors (Lipinski definition) is 0. The van der Waals surface area contributed by atoms with Crippen molar-refractivity contribution in [2.45, 2.75) is 6.92 Å². The summed E-state index contributed by atoms with van der Waals surface area (Å²) in [6.45, 7) is 1.89. The minimum absolute atomic E-state index is 0.127. The van der Waals surface area contributed by atoms with Crippen LogP contribution < -0.4 is 4.90 Å². The zero-order valence-corrected chi connectivity index (χ0v) is 12.8. The van der Waals surface area contributed by atoms with Gasteiger partial charge in [-0.15, -0.1) is 0 Å². The van der Waals surface area contributed by atoms with Crippen LogP contribution in [0.5, 0.6) is 0 Å². The fraction of sp³-hybridized carbons (Fsp3) is 0.125. The Kier molecular flexibility index (Phi) is 4.21. The first-order chi connectivity index (χ1) is 9.54. The topological polar surface area (TPSA) is 44.1 Å². The van der Waals surface area contributed by atoms with E-state index in [1.54, 1.807) is 31.3 Å². The number of carbonyl (C=O) groups excluding carboxylic acids is 1. The van der Waals surface area contributed by atoms with Crippen LogP contribution in [0.25, 0.3) is 0 Å². The molecule has 3 nitrogen and oxygen atoms in total. The molecular formula is C16H13BrN2O.